The zero-order chi connectivity index (χ0) is 24.5. The Morgan fingerprint density at radius 2 is 1.74 bits per heavy atom. The number of carbonyl (C=O) groups is 1. The van der Waals surface area contributed by atoms with E-state index in [4.69, 9.17) is 4.74 Å². The Labute approximate surface area is 204 Å². The Balaban J connectivity index is 1.61. The van der Waals surface area contributed by atoms with E-state index in [2.05, 4.69) is 41.4 Å². The first-order valence-corrected chi connectivity index (χ1v) is 12.7. The molecule has 1 aromatic carbocycles. The van der Waals surface area contributed by atoms with Crippen molar-refractivity contribution in [1.29, 1.82) is 0 Å². The smallest absolute Gasteiger partial charge is 0.338 e. The lowest BCUT2D eigenvalue weighted by atomic mass is 9.62. The molecule has 0 radical (unpaired) electrons. The Bertz CT molecular complexity index is 983. The summed E-state index contributed by atoms with van der Waals surface area (Å²) in [4.78, 5) is 21.1. The van der Waals surface area contributed by atoms with Crippen molar-refractivity contribution in [2.24, 2.45) is 17.8 Å². The number of anilines is 2. The van der Waals surface area contributed by atoms with Crippen molar-refractivity contribution < 1.29 is 9.53 Å². The summed E-state index contributed by atoms with van der Waals surface area (Å²) in [5.41, 5.74) is 2.94. The third kappa shape index (κ3) is 6.08. The highest BCUT2D eigenvalue weighted by Crippen LogP contribution is 2.48. The van der Waals surface area contributed by atoms with Crippen LogP contribution < -0.4 is 10.6 Å². The quantitative estimate of drug-likeness (QED) is 0.468. The van der Waals surface area contributed by atoms with Crippen LogP contribution in [0.1, 0.15) is 95.6 Å². The lowest BCUT2D eigenvalue weighted by molar-refractivity contribution is 0.00696. The fourth-order valence-electron chi connectivity index (χ4n) is 6.10. The fraction of sp³-hybridized carbons (Fsp3) is 0.607. The van der Waals surface area contributed by atoms with Gasteiger partial charge >= 0.3 is 5.97 Å². The van der Waals surface area contributed by atoms with Crippen molar-refractivity contribution in [1.82, 2.24) is 9.97 Å². The van der Waals surface area contributed by atoms with Gasteiger partial charge < -0.3 is 15.4 Å². The second kappa shape index (κ2) is 9.55. The molecule has 2 aliphatic rings. The Kier molecular flexibility index (Phi) is 6.88. The van der Waals surface area contributed by atoms with Crippen LogP contribution in [0.15, 0.2) is 36.9 Å². The molecule has 0 amide bonds. The predicted octanol–water partition coefficient (Wildman–Crippen LogP) is 6.62. The first-order valence-electron chi connectivity index (χ1n) is 12.7. The number of nitrogens with one attached hydrogen (secondary N) is 2. The first-order chi connectivity index (χ1) is 16.0. The number of carbonyl (C=O) groups excluding carboxylic acids is 1. The summed E-state index contributed by atoms with van der Waals surface area (Å²) in [6.45, 7) is 12.5. The second-order valence-electron chi connectivity index (χ2n) is 11.9. The zero-order valence-electron chi connectivity index (χ0n) is 21.5. The van der Waals surface area contributed by atoms with Gasteiger partial charge in [0.25, 0.3) is 0 Å². The van der Waals surface area contributed by atoms with Gasteiger partial charge in [-0.25, -0.2) is 14.8 Å². The minimum Gasteiger partial charge on any atom is -0.456 e. The minimum absolute atomic E-state index is 0.0185. The molecular formula is C28H40N4O2. The number of nitrogens with zero attached hydrogens (tertiary/aromatic N) is 2. The van der Waals surface area contributed by atoms with Crippen LogP contribution in [0, 0.1) is 17.8 Å². The van der Waals surface area contributed by atoms with E-state index in [-0.39, 0.29) is 17.6 Å². The number of fused-ring (bicyclic) bond motifs is 2. The molecule has 6 nitrogen and oxygen atoms in total. The van der Waals surface area contributed by atoms with E-state index in [9.17, 15) is 4.79 Å². The molecule has 2 aromatic rings. The molecule has 2 fully saturated rings. The number of aromatic nitrogens is 2. The van der Waals surface area contributed by atoms with Crippen LogP contribution in [0.3, 0.4) is 0 Å². The van der Waals surface area contributed by atoms with Crippen LogP contribution in [-0.2, 0) is 4.74 Å². The summed E-state index contributed by atoms with van der Waals surface area (Å²) < 4.78 is 5.63. The fourth-order valence-corrected chi connectivity index (χ4v) is 6.10. The van der Waals surface area contributed by atoms with Crippen LogP contribution in [0.2, 0.25) is 0 Å². The van der Waals surface area contributed by atoms with Gasteiger partial charge in [-0.05, 0) is 103 Å². The lowest BCUT2D eigenvalue weighted by Crippen LogP contribution is -2.45. The molecule has 1 heterocycles. The lowest BCUT2D eigenvalue weighted by Gasteiger charge is -2.48. The molecule has 2 saturated carbocycles. The molecule has 4 rings (SSSR count). The zero-order valence-corrected chi connectivity index (χ0v) is 21.5. The number of esters is 1. The van der Waals surface area contributed by atoms with Crippen molar-refractivity contribution >= 4 is 17.3 Å². The highest BCUT2D eigenvalue weighted by molar-refractivity contribution is 5.92. The summed E-state index contributed by atoms with van der Waals surface area (Å²) in [6, 6.07) is 5.78. The summed E-state index contributed by atoms with van der Waals surface area (Å²) >= 11 is 0. The third-order valence-corrected chi connectivity index (χ3v) is 7.16. The normalized spacial score (nSPS) is 27.5. The molecule has 3 unspecified atom stereocenters. The van der Waals surface area contributed by atoms with Gasteiger partial charge in [-0.15, -0.1) is 0 Å². The maximum absolute atomic E-state index is 12.8. The van der Waals surface area contributed by atoms with Crippen LogP contribution in [0.5, 0.6) is 0 Å². The molecule has 184 valence electrons. The Hall–Kier alpha value is -2.63. The average molecular weight is 465 g/mol. The van der Waals surface area contributed by atoms with E-state index >= 15 is 0 Å². The van der Waals surface area contributed by atoms with E-state index in [1.165, 1.54) is 38.4 Å². The molecule has 0 aliphatic heterocycles. The third-order valence-electron chi connectivity index (χ3n) is 7.16. The van der Waals surface area contributed by atoms with Crippen LogP contribution in [0.4, 0.5) is 11.4 Å². The minimum atomic E-state index is -0.541. The molecule has 6 heteroatoms. The van der Waals surface area contributed by atoms with Gasteiger partial charge in [0, 0.05) is 23.5 Å². The molecular weight excluding hydrogens is 424 g/mol. The summed E-state index contributed by atoms with van der Waals surface area (Å²) in [5.74, 6) is 2.11. The van der Waals surface area contributed by atoms with Crippen LogP contribution in [0.25, 0.3) is 0 Å². The molecule has 2 bridgehead atoms. The van der Waals surface area contributed by atoms with Crippen molar-refractivity contribution in [3.8, 4) is 0 Å². The number of ether oxygens (including phenoxy) is 1. The SMILES string of the molecule is CC1CC2CC(C1)CC(C)(Nc1ccc(C(=O)OC(C)(C)C)cc1NC(C)c1cncnc1)C2. The van der Waals surface area contributed by atoms with Gasteiger partial charge in [-0.2, -0.15) is 0 Å². The number of rotatable bonds is 6. The molecule has 2 aliphatic carbocycles. The Morgan fingerprint density at radius 3 is 2.35 bits per heavy atom. The molecule has 3 atom stereocenters. The van der Waals surface area contributed by atoms with E-state index in [1.807, 2.05) is 51.4 Å². The first kappa shape index (κ1) is 24.5. The predicted molar refractivity (Wildman–Crippen MR) is 137 cm³/mol. The average Bonchev–Trinajstić information content (AvgIpc) is 2.73. The van der Waals surface area contributed by atoms with Crippen LogP contribution in [-0.4, -0.2) is 27.1 Å². The molecule has 2 N–H and O–H groups in total. The van der Waals surface area contributed by atoms with Gasteiger partial charge in [-0.1, -0.05) is 6.92 Å². The van der Waals surface area contributed by atoms with Gasteiger partial charge in [0.1, 0.15) is 11.9 Å². The maximum atomic E-state index is 12.8. The number of benzene rings is 1. The van der Waals surface area contributed by atoms with Crippen LogP contribution >= 0.6 is 0 Å². The standard InChI is InChI=1S/C28H40N4O2/c1-18-9-20-11-21(10-18)14-28(6,13-20)32-24-8-7-22(26(33)34-27(3,4)5)12-25(24)31-19(2)23-15-29-17-30-16-23/h7-8,12,15-21,31-32H,9-11,13-14H2,1-6H3. The van der Waals surface area contributed by atoms with E-state index < -0.39 is 5.60 Å². The van der Waals surface area contributed by atoms with Crippen molar-refractivity contribution in [2.75, 3.05) is 10.6 Å². The molecule has 0 spiro atoms. The molecule has 1 aromatic heterocycles. The Morgan fingerprint density at radius 1 is 1.09 bits per heavy atom. The highest BCUT2D eigenvalue weighted by Gasteiger charge is 2.41. The topological polar surface area (TPSA) is 76.1 Å². The summed E-state index contributed by atoms with van der Waals surface area (Å²) in [5, 5.41) is 7.49. The summed E-state index contributed by atoms with van der Waals surface area (Å²) in [7, 11) is 0. The van der Waals surface area contributed by atoms with E-state index in [0.29, 0.717) is 5.56 Å². The largest absolute Gasteiger partial charge is 0.456 e. The van der Waals surface area contributed by atoms with Gasteiger partial charge in [-0.3, -0.25) is 0 Å². The monoisotopic (exact) mass is 464 g/mol. The molecule has 34 heavy (non-hydrogen) atoms. The maximum Gasteiger partial charge on any atom is 0.338 e. The second-order valence-corrected chi connectivity index (χ2v) is 11.9. The number of hydrogen-bond acceptors (Lipinski definition) is 6. The van der Waals surface area contributed by atoms with Gasteiger partial charge in [0.15, 0.2) is 0 Å². The molecule has 0 saturated heterocycles. The van der Waals surface area contributed by atoms with E-state index in [0.717, 1.165) is 34.7 Å². The number of hydrogen-bond donors (Lipinski definition) is 2. The van der Waals surface area contributed by atoms with Gasteiger partial charge in [0.2, 0.25) is 0 Å². The van der Waals surface area contributed by atoms with Crippen molar-refractivity contribution in [3.05, 3.63) is 48.0 Å². The van der Waals surface area contributed by atoms with Crippen molar-refractivity contribution in [2.45, 2.75) is 90.8 Å². The van der Waals surface area contributed by atoms with Crippen molar-refractivity contribution in [3.63, 3.8) is 0 Å². The van der Waals surface area contributed by atoms with Gasteiger partial charge in [0.05, 0.1) is 23.0 Å². The highest BCUT2D eigenvalue weighted by atomic mass is 16.6. The summed E-state index contributed by atoms with van der Waals surface area (Å²) in [6.07, 6.45) is 11.6. The van der Waals surface area contributed by atoms with E-state index in [1.54, 1.807) is 0 Å².